The van der Waals surface area contributed by atoms with Crippen molar-refractivity contribution < 1.29 is 4.52 Å². The predicted octanol–water partition coefficient (Wildman–Crippen LogP) is 5.41. The van der Waals surface area contributed by atoms with E-state index in [0.29, 0.717) is 10.0 Å². The Labute approximate surface area is 162 Å². The predicted molar refractivity (Wildman–Crippen MR) is 102 cm³/mol. The van der Waals surface area contributed by atoms with Crippen LogP contribution in [0.3, 0.4) is 0 Å². The van der Waals surface area contributed by atoms with Crippen molar-refractivity contribution in [3.8, 4) is 11.3 Å². The van der Waals surface area contributed by atoms with E-state index < -0.39 is 0 Å². The first-order valence-electron chi connectivity index (χ1n) is 8.77. The van der Waals surface area contributed by atoms with E-state index in [1.54, 1.807) is 0 Å². The number of nitrogens with one attached hydrogen (secondary N) is 1. The van der Waals surface area contributed by atoms with E-state index in [4.69, 9.17) is 27.7 Å². The second-order valence-electron chi connectivity index (χ2n) is 6.72. The molecule has 3 aromatic rings. The summed E-state index contributed by atoms with van der Waals surface area (Å²) in [5, 5.41) is 12.7. The van der Waals surface area contributed by atoms with Crippen LogP contribution in [0.4, 0.5) is 0 Å². The lowest BCUT2D eigenvalue weighted by atomic mass is 9.95. The number of aromatic amines is 1. The summed E-state index contributed by atoms with van der Waals surface area (Å²) in [6, 6.07) is 7.96. The number of aryl methyl sites for hydroxylation is 1. The van der Waals surface area contributed by atoms with Crippen LogP contribution in [0.2, 0.25) is 10.0 Å². The van der Waals surface area contributed by atoms with Gasteiger partial charge in [-0.1, -0.05) is 46.9 Å². The molecule has 1 aliphatic rings. The summed E-state index contributed by atoms with van der Waals surface area (Å²) in [5.74, 6) is 0.748. The van der Waals surface area contributed by atoms with Crippen molar-refractivity contribution in [2.45, 2.75) is 38.8 Å². The number of hydrogen-bond acceptors (Lipinski definition) is 4. The van der Waals surface area contributed by atoms with E-state index in [1.807, 2.05) is 37.4 Å². The molecular formula is C19H20Cl2N4O. The Morgan fingerprint density at radius 1 is 1.31 bits per heavy atom. The van der Waals surface area contributed by atoms with Crippen LogP contribution in [0, 0.1) is 6.92 Å². The number of rotatable bonds is 4. The zero-order valence-corrected chi connectivity index (χ0v) is 16.0. The third kappa shape index (κ3) is 3.39. The number of hydrogen-bond donors (Lipinski definition) is 1. The molecule has 1 N–H and O–H groups in total. The van der Waals surface area contributed by atoms with Gasteiger partial charge in [-0.2, -0.15) is 5.10 Å². The van der Waals surface area contributed by atoms with Crippen LogP contribution in [0.1, 0.15) is 42.3 Å². The van der Waals surface area contributed by atoms with Crippen molar-refractivity contribution >= 4 is 23.2 Å². The highest BCUT2D eigenvalue weighted by atomic mass is 35.5. The summed E-state index contributed by atoms with van der Waals surface area (Å²) in [4.78, 5) is 2.43. The highest BCUT2D eigenvalue weighted by Gasteiger charge is 2.29. The van der Waals surface area contributed by atoms with Crippen molar-refractivity contribution in [3.05, 3.63) is 57.5 Å². The molecule has 0 amide bonds. The second-order valence-corrected chi connectivity index (χ2v) is 7.51. The molecule has 0 bridgehead atoms. The van der Waals surface area contributed by atoms with E-state index in [-0.39, 0.29) is 6.04 Å². The highest BCUT2D eigenvalue weighted by Crippen LogP contribution is 2.37. The van der Waals surface area contributed by atoms with Crippen LogP contribution in [-0.2, 0) is 6.54 Å². The Morgan fingerprint density at radius 2 is 2.19 bits per heavy atom. The monoisotopic (exact) mass is 390 g/mol. The number of H-pyrrole nitrogens is 1. The molecule has 1 saturated heterocycles. The number of nitrogens with zero attached hydrogens (tertiary/aromatic N) is 3. The van der Waals surface area contributed by atoms with Crippen LogP contribution >= 0.6 is 23.2 Å². The number of piperidine rings is 1. The first kappa shape index (κ1) is 17.6. The van der Waals surface area contributed by atoms with Crippen molar-refractivity contribution in [3.63, 3.8) is 0 Å². The van der Waals surface area contributed by atoms with Crippen molar-refractivity contribution in [1.29, 1.82) is 0 Å². The number of likely N-dealkylation sites (tertiary alicyclic amines) is 1. The largest absolute Gasteiger partial charge is 0.356 e. The molecular weight excluding hydrogens is 371 g/mol. The van der Waals surface area contributed by atoms with Gasteiger partial charge in [0.15, 0.2) is 5.76 Å². The fourth-order valence-electron chi connectivity index (χ4n) is 3.63. The minimum absolute atomic E-state index is 0.224. The van der Waals surface area contributed by atoms with Crippen molar-refractivity contribution in [1.82, 2.24) is 20.3 Å². The summed E-state index contributed by atoms with van der Waals surface area (Å²) in [5.41, 5.74) is 3.94. The normalized spacial score (nSPS) is 18.3. The Kier molecular flexibility index (Phi) is 5.02. The van der Waals surface area contributed by atoms with Gasteiger partial charge >= 0.3 is 0 Å². The molecule has 26 heavy (non-hydrogen) atoms. The Bertz CT molecular complexity index is 905. The topological polar surface area (TPSA) is 58.0 Å². The zero-order chi connectivity index (χ0) is 18.1. The van der Waals surface area contributed by atoms with Crippen LogP contribution in [0.15, 0.2) is 35.0 Å². The first-order valence-corrected chi connectivity index (χ1v) is 9.53. The quantitative estimate of drug-likeness (QED) is 0.646. The van der Waals surface area contributed by atoms with Gasteiger partial charge in [-0.05, 0) is 37.9 Å². The molecule has 3 heterocycles. The number of benzene rings is 1. The van der Waals surface area contributed by atoms with Crippen LogP contribution < -0.4 is 0 Å². The number of halogens is 2. The minimum Gasteiger partial charge on any atom is -0.356 e. The maximum absolute atomic E-state index is 6.41. The lowest BCUT2D eigenvalue weighted by Gasteiger charge is -2.35. The summed E-state index contributed by atoms with van der Waals surface area (Å²) in [6.07, 6.45) is 5.22. The van der Waals surface area contributed by atoms with E-state index >= 15 is 0 Å². The van der Waals surface area contributed by atoms with E-state index in [0.717, 1.165) is 47.8 Å². The van der Waals surface area contributed by atoms with Crippen molar-refractivity contribution in [2.75, 3.05) is 6.54 Å². The van der Waals surface area contributed by atoms with Gasteiger partial charge in [0.25, 0.3) is 0 Å². The summed E-state index contributed by atoms with van der Waals surface area (Å²) in [6.45, 7) is 3.67. The van der Waals surface area contributed by atoms with Gasteiger partial charge in [0.1, 0.15) is 0 Å². The molecule has 1 fully saturated rings. The summed E-state index contributed by atoms with van der Waals surface area (Å²) in [7, 11) is 0. The average Bonchev–Trinajstić information content (AvgIpc) is 3.28. The van der Waals surface area contributed by atoms with Gasteiger partial charge in [0.2, 0.25) is 0 Å². The molecule has 0 spiro atoms. The van der Waals surface area contributed by atoms with Gasteiger partial charge < -0.3 is 4.52 Å². The lowest BCUT2D eigenvalue weighted by molar-refractivity contribution is 0.137. The van der Waals surface area contributed by atoms with E-state index in [2.05, 4.69) is 20.3 Å². The molecule has 0 unspecified atom stereocenters. The smallest absolute Gasteiger partial charge is 0.170 e. The fourth-order valence-corrected chi connectivity index (χ4v) is 4.01. The first-order chi connectivity index (χ1) is 12.6. The van der Waals surface area contributed by atoms with Crippen LogP contribution in [0.5, 0.6) is 0 Å². The van der Waals surface area contributed by atoms with Gasteiger partial charge in [-0.25, -0.2) is 0 Å². The van der Waals surface area contributed by atoms with E-state index in [1.165, 1.54) is 12.8 Å². The zero-order valence-electron chi connectivity index (χ0n) is 14.5. The third-order valence-electron chi connectivity index (χ3n) is 4.91. The lowest BCUT2D eigenvalue weighted by Crippen LogP contribution is -2.33. The standard InChI is InChI=1S/C19H20Cl2N4O/c1-12-9-17(26-24-12)14-10-22-23-19(14)16-7-2-3-8-25(16)11-13-5-4-6-15(20)18(13)21/h4-6,9-10,16H,2-3,7-8,11H2,1H3,(H,22,23)/t16-/m0/s1. The summed E-state index contributed by atoms with van der Waals surface area (Å²) >= 11 is 12.6. The second kappa shape index (κ2) is 7.43. The molecule has 5 nitrogen and oxygen atoms in total. The Hall–Kier alpha value is -1.82. The van der Waals surface area contributed by atoms with E-state index in [9.17, 15) is 0 Å². The Morgan fingerprint density at radius 3 is 3.00 bits per heavy atom. The summed E-state index contributed by atoms with van der Waals surface area (Å²) < 4.78 is 5.46. The van der Waals surface area contributed by atoms with Gasteiger partial charge in [-0.3, -0.25) is 10.00 Å². The molecule has 0 aliphatic carbocycles. The molecule has 4 rings (SSSR count). The molecule has 0 radical (unpaired) electrons. The SMILES string of the molecule is Cc1cc(-c2cn[nH]c2[C@@H]2CCCCN2Cc2cccc(Cl)c2Cl)on1. The van der Waals surface area contributed by atoms with Gasteiger partial charge in [0, 0.05) is 12.6 Å². The molecule has 0 saturated carbocycles. The molecule has 1 atom stereocenters. The maximum Gasteiger partial charge on any atom is 0.170 e. The fraction of sp³-hybridized carbons (Fsp3) is 0.368. The van der Waals surface area contributed by atoms with Gasteiger partial charge in [0.05, 0.1) is 39.2 Å². The molecule has 1 aromatic carbocycles. The minimum atomic E-state index is 0.224. The van der Waals surface area contributed by atoms with Crippen LogP contribution in [-0.4, -0.2) is 26.8 Å². The average molecular weight is 391 g/mol. The molecule has 2 aromatic heterocycles. The number of aromatic nitrogens is 3. The highest BCUT2D eigenvalue weighted by molar-refractivity contribution is 6.42. The molecule has 136 valence electrons. The third-order valence-corrected chi connectivity index (χ3v) is 5.77. The Balaban J connectivity index is 1.65. The van der Waals surface area contributed by atoms with Crippen molar-refractivity contribution in [2.24, 2.45) is 0 Å². The maximum atomic E-state index is 6.41. The van der Waals surface area contributed by atoms with Crippen LogP contribution in [0.25, 0.3) is 11.3 Å². The molecule has 1 aliphatic heterocycles. The van der Waals surface area contributed by atoms with Gasteiger partial charge in [-0.15, -0.1) is 0 Å². The molecule has 7 heteroatoms.